The summed E-state index contributed by atoms with van der Waals surface area (Å²) in [7, 11) is 1.78. The van der Waals surface area contributed by atoms with Crippen LogP contribution in [0.25, 0.3) is 11.3 Å². The minimum Gasteiger partial charge on any atom is -0.473 e. The van der Waals surface area contributed by atoms with Gasteiger partial charge in [-0.1, -0.05) is 0 Å². The largest absolute Gasteiger partial charge is 0.473 e. The fraction of sp³-hybridized carbons (Fsp3) is 0.273. The molecule has 0 aromatic carbocycles. The number of nitro groups is 1. The number of hydrogen-bond acceptors (Lipinski definition) is 5. The SMILES string of the molecule is CCOc1ncc(-c2ccn(C)n2)cc1[N+](=O)[O-]. The Hall–Kier alpha value is -2.44. The van der Waals surface area contributed by atoms with E-state index in [-0.39, 0.29) is 11.6 Å². The average molecular weight is 248 g/mol. The lowest BCUT2D eigenvalue weighted by Gasteiger charge is -2.03. The van der Waals surface area contributed by atoms with Gasteiger partial charge in [-0.05, 0) is 13.0 Å². The molecule has 0 atom stereocenters. The van der Waals surface area contributed by atoms with E-state index in [1.807, 2.05) is 0 Å². The molecule has 2 aromatic heterocycles. The van der Waals surface area contributed by atoms with Crippen LogP contribution in [-0.2, 0) is 7.05 Å². The molecule has 2 rings (SSSR count). The summed E-state index contributed by atoms with van der Waals surface area (Å²) < 4.78 is 6.74. The first kappa shape index (κ1) is 12.0. The quantitative estimate of drug-likeness (QED) is 0.608. The average Bonchev–Trinajstić information content (AvgIpc) is 2.76. The van der Waals surface area contributed by atoms with Gasteiger partial charge in [-0.15, -0.1) is 0 Å². The molecule has 0 unspecified atom stereocenters. The highest BCUT2D eigenvalue weighted by atomic mass is 16.6. The standard InChI is InChI=1S/C11H12N4O3/c1-3-18-11-10(15(16)17)6-8(7-12-11)9-4-5-14(2)13-9/h4-7H,3H2,1-2H3. The van der Waals surface area contributed by atoms with E-state index < -0.39 is 4.92 Å². The van der Waals surface area contributed by atoms with E-state index in [9.17, 15) is 10.1 Å². The molecule has 0 aliphatic heterocycles. The Morgan fingerprint density at radius 1 is 1.56 bits per heavy atom. The van der Waals surface area contributed by atoms with Gasteiger partial charge in [0.05, 0.1) is 17.2 Å². The van der Waals surface area contributed by atoms with Crippen LogP contribution in [0.4, 0.5) is 5.69 Å². The van der Waals surface area contributed by atoms with Gasteiger partial charge >= 0.3 is 5.69 Å². The first-order valence-corrected chi connectivity index (χ1v) is 5.39. The summed E-state index contributed by atoms with van der Waals surface area (Å²) in [4.78, 5) is 14.4. The van der Waals surface area contributed by atoms with Crippen LogP contribution in [0.3, 0.4) is 0 Å². The molecule has 0 spiro atoms. The summed E-state index contributed by atoms with van der Waals surface area (Å²) in [5.74, 6) is 0.0298. The highest BCUT2D eigenvalue weighted by Gasteiger charge is 2.18. The van der Waals surface area contributed by atoms with E-state index in [4.69, 9.17) is 4.74 Å². The van der Waals surface area contributed by atoms with Gasteiger partial charge in [-0.2, -0.15) is 5.10 Å². The maximum Gasteiger partial charge on any atom is 0.331 e. The molecule has 0 saturated heterocycles. The fourth-order valence-electron chi connectivity index (χ4n) is 1.53. The summed E-state index contributed by atoms with van der Waals surface area (Å²) >= 11 is 0. The van der Waals surface area contributed by atoms with Gasteiger partial charge in [0.2, 0.25) is 0 Å². The summed E-state index contributed by atoms with van der Waals surface area (Å²) in [6.07, 6.45) is 3.28. The van der Waals surface area contributed by atoms with Gasteiger partial charge in [0, 0.05) is 31.1 Å². The number of rotatable bonds is 4. The van der Waals surface area contributed by atoms with Crippen molar-refractivity contribution in [1.82, 2.24) is 14.8 Å². The Morgan fingerprint density at radius 3 is 2.89 bits per heavy atom. The van der Waals surface area contributed by atoms with Crippen LogP contribution in [0.5, 0.6) is 5.88 Å². The zero-order valence-corrected chi connectivity index (χ0v) is 10.0. The highest BCUT2D eigenvalue weighted by molar-refractivity contribution is 5.62. The topological polar surface area (TPSA) is 83.1 Å². The summed E-state index contributed by atoms with van der Waals surface area (Å²) in [5.41, 5.74) is 1.07. The number of ether oxygens (including phenoxy) is 1. The molecule has 0 amide bonds. The Bertz CT molecular complexity index is 579. The molecular formula is C11H12N4O3. The van der Waals surface area contributed by atoms with Crippen molar-refractivity contribution in [2.45, 2.75) is 6.92 Å². The molecule has 0 aliphatic rings. The van der Waals surface area contributed by atoms with Crippen molar-refractivity contribution < 1.29 is 9.66 Å². The molecule has 0 N–H and O–H groups in total. The first-order valence-electron chi connectivity index (χ1n) is 5.39. The maximum absolute atomic E-state index is 10.9. The monoisotopic (exact) mass is 248 g/mol. The third-order valence-corrected chi connectivity index (χ3v) is 2.32. The van der Waals surface area contributed by atoms with E-state index >= 15 is 0 Å². The number of aromatic nitrogens is 3. The molecule has 0 saturated carbocycles. The third kappa shape index (κ3) is 2.29. The molecule has 0 aliphatic carbocycles. The van der Waals surface area contributed by atoms with E-state index in [2.05, 4.69) is 10.1 Å². The fourth-order valence-corrected chi connectivity index (χ4v) is 1.53. The Morgan fingerprint density at radius 2 is 2.33 bits per heavy atom. The first-order chi connectivity index (χ1) is 8.61. The Labute approximate surface area is 103 Å². The van der Waals surface area contributed by atoms with Crippen molar-refractivity contribution in [2.24, 2.45) is 7.05 Å². The van der Waals surface area contributed by atoms with E-state index in [1.165, 1.54) is 12.3 Å². The van der Waals surface area contributed by atoms with Gasteiger partial charge < -0.3 is 4.74 Å². The second-order valence-electron chi connectivity index (χ2n) is 3.61. The molecule has 2 aromatic rings. The van der Waals surface area contributed by atoms with Gasteiger partial charge in [-0.3, -0.25) is 14.8 Å². The molecular weight excluding hydrogens is 236 g/mol. The minimum absolute atomic E-state index is 0.0298. The minimum atomic E-state index is -0.509. The molecule has 94 valence electrons. The molecule has 7 heteroatoms. The van der Waals surface area contributed by atoms with Crippen LogP contribution in [0.2, 0.25) is 0 Å². The van der Waals surface area contributed by atoms with E-state index in [1.54, 1.807) is 30.9 Å². The van der Waals surface area contributed by atoms with Gasteiger partial charge in [0.25, 0.3) is 5.88 Å². The predicted molar refractivity (Wildman–Crippen MR) is 64.3 cm³/mol. The van der Waals surface area contributed by atoms with Crippen molar-refractivity contribution in [3.05, 3.63) is 34.6 Å². The van der Waals surface area contributed by atoms with Crippen molar-refractivity contribution in [1.29, 1.82) is 0 Å². The second-order valence-corrected chi connectivity index (χ2v) is 3.61. The van der Waals surface area contributed by atoms with Crippen LogP contribution in [0.15, 0.2) is 24.5 Å². The van der Waals surface area contributed by atoms with Crippen molar-refractivity contribution >= 4 is 5.69 Å². The van der Waals surface area contributed by atoms with Gasteiger partial charge in [-0.25, -0.2) is 4.98 Å². The molecule has 0 fully saturated rings. The van der Waals surface area contributed by atoms with Crippen molar-refractivity contribution in [3.63, 3.8) is 0 Å². The number of nitrogens with zero attached hydrogens (tertiary/aromatic N) is 4. The molecule has 0 bridgehead atoms. The van der Waals surface area contributed by atoms with E-state index in [0.717, 1.165) is 0 Å². The van der Waals surface area contributed by atoms with Crippen LogP contribution in [-0.4, -0.2) is 26.3 Å². The third-order valence-electron chi connectivity index (χ3n) is 2.32. The Balaban J connectivity index is 2.46. The van der Waals surface area contributed by atoms with E-state index in [0.29, 0.717) is 17.9 Å². The van der Waals surface area contributed by atoms with Crippen LogP contribution < -0.4 is 4.74 Å². The molecule has 2 heterocycles. The summed E-state index contributed by atoms with van der Waals surface area (Å²) in [5, 5.41) is 15.1. The summed E-state index contributed by atoms with van der Waals surface area (Å²) in [6, 6.07) is 3.18. The molecule has 18 heavy (non-hydrogen) atoms. The lowest BCUT2D eigenvalue weighted by atomic mass is 10.2. The molecule has 0 radical (unpaired) electrons. The predicted octanol–water partition coefficient (Wildman–Crippen LogP) is 1.79. The van der Waals surface area contributed by atoms with Crippen molar-refractivity contribution in [3.8, 4) is 17.1 Å². The van der Waals surface area contributed by atoms with Gasteiger partial charge in [0.1, 0.15) is 0 Å². The normalized spacial score (nSPS) is 10.3. The summed E-state index contributed by atoms with van der Waals surface area (Å²) in [6.45, 7) is 2.08. The zero-order valence-electron chi connectivity index (χ0n) is 10.0. The molecule has 7 nitrogen and oxygen atoms in total. The van der Waals surface area contributed by atoms with Crippen LogP contribution >= 0.6 is 0 Å². The number of pyridine rings is 1. The zero-order chi connectivity index (χ0) is 13.1. The second kappa shape index (κ2) is 4.82. The smallest absolute Gasteiger partial charge is 0.331 e. The van der Waals surface area contributed by atoms with Gasteiger partial charge in [0.15, 0.2) is 0 Å². The lowest BCUT2D eigenvalue weighted by molar-refractivity contribution is -0.386. The van der Waals surface area contributed by atoms with Crippen LogP contribution in [0.1, 0.15) is 6.92 Å². The maximum atomic E-state index is 10.9. The highest BCUT2D eigenvalue weighted by Crippen LogP contribution is 2.29. The lowest BCUT2D eigenvalue weighted by Crippen LogP contribution is -2.00. The van der Waals surface area contributed by atoms with Crippen molar-refractivity contribution in [2.75, 3.05) is 6.61 Å². The Kier molecular flexibility index (Phi) is 3.22. The number of hydrogen-bond donors (Lipinski definition) is 0. The van der Waals surface area contributed by atoms with Crippen LogP contribution in [0, 0.1) is 10.1 Å². The number of aryl methyl sites for hydroxylation is 1.